The molecule has 3 nitrogen and oxygen atoms in total. The molecule has 2 aromatic rings. The molecule has 0 saturated carbocycles. The van der Waals surface area contributed by atoms with Gasteiger partial charge in [0.1, 0.15) is 16.0 Å². The van der Waals surface area contributed by atoms with Crippen molar-refractivity contribution < 1.29 is 14.3 Å². The number of hydrogen-bond donors (Lipinski definition) is 0. The SMILES string of the molecule is COc1ccc(C(=O)c2ccccc2)c(OC)c1Br. The Kier molecular flexibility index (Phi) is 4.22. The van der Waals surface area contributed by atoms with Crippen LogP contribution in [-0.4, -0.2) is 20.0 Å². The second-order valence-electron chi connectivity index (χ2n) is 3.86. The van der Waals surface area contributed by atoms with E-state index in [4.69, 9.17) is 9.47 Å². The summed E-state index contributed by atoms with van der Waals surface area (Å²) in [5, 5.41) is 0. The largest absolute Gasteiger partial charge is 0.495 e. The van der Waals surface area contributed by atoms with Gasteiger partial charge in [-0.05, 0) is 28.1 Å². The molecule has 0 heterocycles. The molecule has 0 bridgehead atoms. The summed E-state index contributed by atoms with van der Waals surface area (Å²) in [6, 6.07) is 12.5. The maximum atomic E-state index is 12.4. The van der Waals surface area contributed by atoms with Crippen LogP contribution in [-0.2, 0) is 0 Å². The number of carbonyl (C=O) groups is 1. The van der Waals surface area contributed by atoms with Crippen molar-refractivity contribution in [2.24, 2.45) is 0 Å². The van der Waals surface area contributed by atoms with Crippen molar-refractivity contribution in [3.63, 3.8) is 0 Å². The van der Waals surface area contributed by atoms with Crippen molar-refractivity contribution in [1.29, 1.82) is 0 Å². The molecule has 0 aliphatic heterocycles. The fourth-order valence-corrected chi connectivity index (χ4v) is 2.49. The molecule has 2 rings (SSSR count). The van der Waals surface area contributed by atoms with Crippen LogP contribution in [0.25, 0.3) is 0 Å². The predicted octanol–water partition coefficient (Wildman–Crippen LogP) is 3.70. The molecule has 0 aliphatic carbocycles. The summed E-state index contributed by atoms with van der Waals surface area (Å²) < 4.78 is 11.1. The van der Waals surface area contributed by atoms with E-state index in [1.165, 1.54) is 7.11 Å². The first-order chi connectivity index (χ1) is 9.19. The highest BCUT2D eigenvalue weighted by molar-refractivity contribution is 9.10. The number of halogens is 1. The summed E-state index contributed by atoms with van der Waals surface area (Å²) in [7, 11) is 3.10. The van der Waals surface area contributed by atoms with Gasteiger partial charge in [-0.2, -0.15) is 0 Å². The predicted molar refractivity (Wildman–Crippen MR) is 77.1 cm³/mol. The summed E-state index contributed by atoms with van der Waals surface area (Å²) >= 11 is 3.39. The number of ether oxygens (including phenoxy) is 2. The van der Waals surface area contributed by atoms with Crippen LogP contribution in [0.4, 0.5) is 0 Å². The van der Waals surface area contributed by atoms with Gasteiger partial charge in [0, 0.05) is 5.56 Å². The minimum atomic E-state index is -0.0826. The summed E-state index contributed by atoms with van der Waals surface area (Å²) in [5.74, 6) is 1.02. The van der Waals surface area contributed by atoms with Gasteiger partial charge < -0.3 is 9.47 Å². The lowest BCUT2D eigenvalue weighted by Gasteiger charge is -2.12. The maximum absolute atomic E-state index is 12.4. The van der Waals surface area contributed by atoms with Gasteiger partial charge in [0.25, 0.3) is 0 Å². The average Bonchev–Trinajstić information content (AvgIpc) is 2.47. The van der Waals surface area contributed by atoms with Gasteiger partial charge in [0.2, 0.25) is 0 Å². The third-order valence-electron chi connectivity index (χ3n) is 2.77. The van der Waals surface area contributed by atoms with E-state index < -0.39 is 0 Å². The van der Waals surface area contributed by atoms with Crippen molar-refractivity contribution in [2.75, 3.05) is 14.2 Å². The Bertz CT molecular complexity index is 594. The number of hydrogen-bond acceptors (Lipinski definition) is 3. The van der Waals surface area contributed by atoms with Crippen molar-refractivity contribution in [3.05, 3.63) is 58.1 Å². The fourth-order valence-electron chi connectivity index (χ4n) is 1.82. The lowest BCUT2D eigenvalue weighted by atomic mass is 10.0. The Morgan fingerprint density at radius 3 is 2.26 bits per heavy atom. The Labute approximate surface area is 120 Å². The topological polar surface area (TPSA) is 35.5 Å². The Morgan fingerprint density at radius 1 is 1.00 bits per heavy atom. The zero-order chi connectivity index (χ0) is 13.8. The lowest BCUT2D eigenvalue weighted by molar-refractivity contribution is 0.103. The van der Waals surface area contributed by atoms with Gasteiger partial charge in [-0.3, -0.25) is 4.79 Å². The molecule has 0 aliphatic rings. The van der Waals surface area contributed by atoms with E-state index in [1.807, 2.05) is 18.2 Å². The van der Waals surface area contributed by atoms with Crippen molar-refractivity contribution in [3.8, 4) is 11.5 Å². The van der Waals surface area contributed by atoms with Gasteiger partial charge in [-0.25, -0.2) is 0 Å². The van der Waals surface area contributed by atoms with E-state index in [9.17, 15) is 4.79 Å². The summed E-state index contributed by atoms with van der Waals surface area (Å²) in [5.41, 5.74) is 1.12. The van der Waals surface area contributed by atoms with Crippen LogP contribution in [0, 0.1) is 0 Å². The van der Waals surface area contributed by atoms with Gasteiger partial charge >= 0.3 is 0 Å². The third-order valence-corrected chi connectivity index (χ3v) is 3.52. The molecule has 0 fully saturated rings. The Balaban J connectivity index is 2.51. The molecule has 0 amide bonds. The zero-order valence-corrected chi connectivity index (χ0v) is 12.2. The number of ketones is 1. The third kappa shape index (κ3) is 2.63. The van der Waals surface area contributed by atoms with E-state index in [1.54, 1.807) is 31.4 Å². The second-order valence-corrected chi connectivity index (χ2v) is 4.65. The lowest BCUT2D eigenvalue weighted by Crippen LogP contribution is -2.05. The van der Waals surface area contributed by atoms with E-state index >= 15 is 0 Å². The van der Waals surface area contributed by atoms with Crippen LogP contribution < -0.4 is 9.47 Å². The second kappa shape index (κ2) is 5.89. The van der Waals surface area contributed by atoms with Crippen LogP contribution in [0.1, 0.15) is 15.9 Å². The Hall–Kier alpha value is -1.81. The van der Waals surface area contributed by atoms with Crippen LogP contribution in [0.3, 0.4) is 0 Å². The molecule has 2 aromatic carbocycles. The highest BCUT2D eigenvalue weighted by Gasteiger charge is 2.19. The molecular weight excluding hydrogens is 308 g/mol. The normalized spacial score (nSPS) is 10.1. The van der Waals surface area contributed by atoms with Gasteiger partial charge in [-0.15, -0.1) is 0 Å². The van der Waals surface area contributed by atoms with Crippen molar-refractivity contribution in [1.82, 2.24) is 0 Å². The number of methoxy groups -OCH3 is 2. The van der Waals surface area contributed by atoms with E-state index in [0.717, 1.165) is 0 Å². The van der Waals surface area contributed by atoms with E-state index in [0.29, 0.717) is 27.1 Å². The van der Waals surface area contributed by atoms with Crippen LogP contribution in [0.2, 0.25) is 0 Å². The first-order valence-electron chi connectivity index (χ1n) is 5.69. The van der Waals surface area contributed by atoms with Crippen LogP contribution >= 0.6 is 15.9 Å². The monoisotopic (exact) mass is 320 g/mol. The van der Waals surface area contributed by atoms with E-state index in [2.05, 4.69) is 15.9 Å². The molecule has 0 atom stereocenters. The molecule has 19 heavy (non-hydrogen) atoms. The summed E-state index contributed by atoms with van der Waals surface area (Å²) in [4.78, 5) is 12.4. The zero-order valence-electron chi connectivity index (χ0n) is 10.6. The quantitative estimate of drug-likeness (QED) is 0.806. The Morgan fingerprint density at radius 2 is 1.68 bits per heavy atom. The molecule has 0 N–H and O–H groups in total. The first-order valence-corrected chi connectivity index (χ1v) is 6.48. The smallest absolute Gasteiger partial charge is 0.196 e. The maximum Gasteiger partial charge on any atom is 0.196 e. The molecule has 4 heteroatoms. The minimum Gasteiger partial charge on any atom is -0.495 e. The summed E-state index contributed by atoms with van der Waals surface area (Å²) in [6.45, 7) is 0. The number of rotatable bonds is 4. The van der Waals surface area contributed by atoms with Crippen molar-refractivity contribution >= 4 is 21.7 Å². The molecule has 0 unspecified atom stereocenters. The van der Waals surface area contributed by atoms with E-state index in [-0.39, 0.29) is 5.78 Å². The first kappa shape index (κ1) is 13.6. The van der Waals surface area contributed by atoms with Gasteiger partial charge in [0.05, 0.1) is 19.8 Å². The molecule has 0 saturated heterocycles. The molecule has 0 radical (unpaired) electrons. The molecular formula is C15H13BrO3. The van der Waals surface area contributed by atoms with Crippen molar-refractivity contribution in [2.45, 2.75) is 0 Å². The standard InChI is InChI=1S/C15H13BrO3/c1-18-12-9-8-11(15(19-2)13(12)16)14(17)10-6-4-3-5-7-10/h3-9H,1-2H3. The fraction of sp³-hybridized carbons (Fsp3) is 0.133. The molecule has 0 aromatic heterocycles. The molecule has 98 valence electrons. The van der Waals surface area contributed by atoms with Crippen LogP contribution in [0.15, 0.2) is 46.9 Å². The number of carbonyl (C=O) groups excluding carboxylic acids is 1. The van der Waals surface area contributed by atoms with Gasteiger partial charge in [0.15, 0.2) is 5.78 Å². The average molecular weight is 321 g/mol. The number of benzene rings is 2. The summed E-state index contributed by atoms with van der Waals surface area (Å²) in [6.07, 6.45) is 0. The minimum absolute atomic E-state index is 0.0826. The van der Waals surface area contributed by atoms with Gasteiger partial charge in [-0.1, -0.05) is 30.3 Å². The van der Waals surface area contributed by atoms with Crippen LogP contribution in [0.5, 0.6) is 11.5 Å². The highest BCUT2D eigenvalue weighted by atomic mass is 79.9. The highest BCUT2D eigenvalue weighted by Crippen LogP contribution is 2.37. The molecule has 0 spiro atoms.